The normalized spacial score (nSPS) is 12.4. The maximum atomic E-state index is 11.5. The quantitative estimate of drug-likeness (QED) is 0.753. The molecule has 0 aromatic carbocycles. The molecule has 0 radical (unpaired) electrons. The number of carbonyl (C=O) groups excluding carboxylic acids is 1. The molecule has 4 nitrogen and oxygen atoms in total. The van der Waals surface area contributed by atoms with E-state index in [1.807, 2.05) is 0 Å². The lowest BCUT2D eigenvalue weighted by Crippen LogP contribution is -2.34. The molecule has 1 amide bonds. The number of aliphatic hydroxyl groups is 1. The highest BCUT2D eigenvalue weighted by atomic mass is 32.1. The summed E-state index contributed by atoms with van der Waals surface area (Å²) >= 11 is 1.78. The van der Waals surface area contributed by atoms with Crippen LogP contribution in [0.1, 0.15) is 22.6 Å². The highest BCUT2D eigenvalue weighted by Gasteiger charge is 2.06. The fourth-order valence-electron chi connectivity index (χ4n) is 1.61. The monoisotopic (exact) mass is 271 g/mol. The summed E-state index contributed by atoms with van der Waals surface area (Å²) in [5.41, 5.74) is 0. The molecule has 2 N–H and O–H groups in total. The van der Waals surface area contributed by atoms with Gasteiger partial charge in [0.15, 0.2) is 0 Å². The molecule has 0 saturated heterocycles. The van der Waals surface area contributed by atoms with E-state index in [-0.39, 0.29) is 19.1 Å². The lowest BCUT2D eigenvalue weighted by atomic mass is 10.2. The fraction of sp³-hybridized carbons (Fsp3) is 0.615. The van der Waals surface area contributed by atoms with Crippen molar-refractivity contribution >= 4 is 17.2 Å². The van der Waals surface area contributed by atoms with Gasteiger partial charge in [-0.1, -0.05) is 0 Å². The number of nitrogens with one attached hydrogen (secondary N) is 1. The summed E-state index contributed by atoms with van der Waals surface area (Å²) in [5.74, 6) is -0.0153. The van der Waals surface area contributed by atoms with E-state index in [2.05, 4.69) is 24.4 Å². The van der Waals surface area contributed by atoms with Gasteiger partial charge in [-0.3, -0.25) is 4.79 Å². The number of ether oxygens (including phenoxy) is 1. The zero-order valence-corrected chi connectivity index (χ0v) is 11.8. The Balaban J connectivity index is 2.10. The van der Waals surface area contributed by atoms with Gasteiger partial charge in [-0.15, -0.1) is 11.3 Å². The van der Waals surface area contributed by atoms with Gasteiger partial charge >= 0.3 is 0 Å². The smallest absolute Gasteiger partial charge is 0.220 e. The summed E-state index contributed by atoms with van der Waals surface area (Å²) in [6.45, 7) is 2.58. The van der Waals surface area contributed by atoms with E-state index in [0.29, 0.717) is 6.42 Å². The first-order chi connectivity index (χ1) is 8.61. The molecule has 1 heterocycles. The summed E-state index contributed by atoms with van der Waals surface area (Å²) < 4.78 is 4.78. The van der Waals surface area contributed by atoms with Crippen molar-refractivity contribution in [2.24, 2.45) is 0 Å². The van der Waals surface area contributed by atoms with Crippen molar-refractivity contribution in [1.29, 1.82) is 0 Å². The van der Waals surface area contributed by atoms with E-state index in [9.17, 15) is 9.90 Å². The molecule has 1 aromatic rings. The molecule has 1 unspecified atom stereocenters. The van der Waals surface area contributed by atoms with Crippen LogP contribution >= 0.6 is 11.3 Å². The molecule has 1 atom stereocenters. The number of amides is 1. The van der Waals surface area contributed by atoms with Crippen molar-refractivity contribution < 1.29 is 14.6 Å². The van der Waals surface area contributed by atoms with Gasteiger partial charge in [-0.25, -0.2) is 0 Å². The predicted molar refractivity (Wildman–Crippen MR) is 72.9 cm³/mol. The van der Waals surface area contributed by atoms with Gasteiger partial charge in [0.25, 0.3) is 0 Å². The molecule has 1 aromatic heterocycles. The number of aryl methyl sites for hydroxylation is 2. The average Bonchev–Trinajstić information content (AvgIpc) is 2.73. The lowest BCUT2D eigenvalue weighted by Gasteiger charge is -2.10. The van der Waals surface area contributed by atoms with Crippen LogP contribution in [0.4, 0.5) is 0 Å². The first-order valence-corrected chi connectivity index (χ1v) is 6.92. The first-order valence-electron chi connectivity index (χ1n) is 6.11. The summed E-state index contributed by atoms with van der Waals surface area (Å²) in [4.78, 5) is 14.1. The third-order valence-corrected chi connectivity index (χ3v) is 3.58. The predicted octanol–water partition coefficient (Wildman–Crippen LogP) is 1.50. The molecule has 0 aliphatic heterocycles. The van der Waals surface area contributed by atoms with Crippen LogP contribution in [-0.4, -0.2) is 37.4 Å². The van der Waals surface area contributed by atoms with E-state index < -0.39 is 6.10 Å². The Morgan fingerprint density at radius 3 is 2.94 bits per heavy atom. The second-order valence-corrected chi connectivity index (χ2v) is 5.65. The van der Waals surface area contributed by atoms with Crippen molar-refractivity contribution in [2.45, 2.75) is 32.3 Å². The number of aliphatic hydroxyl groups excluding tert-OH is 1. The highest BCUT2D eigenvalue weighted by molar-refractivity contribution is 7.11. The Kier molecular flexibility index (Phi) is 6.93. The van der Waals surface area contributed by atoms with Crippen molar-refractivity contribution in [3.8, 4) is 0 Å². The number of thiophene rings is 1. The molecule has 18 heavy (non-hydrogen) atoms. The Morgan fingerprint density at radius 1 is 1.56 bits per heavy atom. The third-order valence-electron chi connectivity index (χ3n) is 2.52. The molecular weight excluding hydrogens is 250 g/mol. The minimum Gasteiger partial charge on any atom is -0.389 e. The maximum absolute atomic E-state index is 11.5. The van der Waals surface area contributed by atoms with Crippen LogP contribution in [-0.2, 0) is 16.0 Å². The number of hydrogen-bond acceptors (Lipinski definition) is 4. The standard InChI is InChI=1S/C13H21NO3S/c1-10-6-7-12(18-10)4-3-5-13(16)14-8-11(15)9-17-2/h6-7,11,15H,3-5,8-9H2,1-2H3,(H,14,16). The Morgan fingerprint density at radius 2 is 2.33 bits per heavy atom. The molecule has 0 fully saturated rings. The number of hydrogen-bond donors (Lipinski definition) is 2. The van der Waals surface area contributed by atoms with Crippen LogP contribution in [0.15, 0.2) is 12.1 Å². The summed E-state index contributed by atoms with van der Waals surface area (Å²) in [6.07, 6.45) is 1.65. The Hall–Kier alpha value is -0.910. The maximum Gasteiger partial charge on any atom is 0.220 e. The van der Waals surface area contributed by atoms with Gasteiger partial charge in [-0.2, -0.15) is 0 Å². The Labute approximate surface area is 112 Å². The second kappa shape index (κ2) is 8.24. The fourth-order valence-corrected chi connectivity index (χ4v) is 2.55. The molecule has 5 heteroatoms. The Bertz CT molecular complexity index is 365. The highest BCUT2D eigenvalue weighted by Crippen LogP contribution is 2.17. The van der Waals surface area contributed by atoms with Gasteiger partial charge < -0.3 is 15.2 Å². The summed E-state index contributed by atoms with van der Waals surface area (Å²) in [7, 11) is 1.52. The minimum atomic E-state index is -0.626. The van der Waals surface area contributed by atoms with Crippen molar-refractivity contribution in [1.82, 2.24) is 5.32 Å². The average molecular weight is 271 g/mol. The molecule has 0 saturated carbocycles. The van der Waals surface area contributed by atoms with E-state index >= 15 is 0 Å². The number of methoxy groups -OCH3 is 1. The van der Waals surface area contributed by atoms with Crippen LogP contribution in [0.2, 0.25) is 0 Å². The van der Waals surface area contributed by atoms with Crippen LogP contribution in [0.25, 0.3) is 0 Å². The van der Waals surface area contributed by atoms with Crippen molar-refractivity contribution in [3.63, 3.8) is 0 Å². The summed E-state index contributed by atoms with van der Waals surface area (Å²) in [5, 5.41) is 12.1. The van der Waals surface area contributed by atoms with Crippen LogP contribution in [0, 0.1) is 6.92 Å². The van der Waals surface area contributed by atoms with Gasteiger partial charge in [0.1, 0.15) is 0 Å². The van der Waals surface area contributed by atoms with E-state index in [1.165, 1.54) is 16.9 Å². The summed E-state index contributed by atoms with van der Waals surface area (Å²) in [6, 6.07) is 4.21. The van der Waals surface area contributed by atoms with Crippen LogP contribution in [0.5, 0.6) is 0 Å². The molecule has 0 aliphatic carbocycles. The van der Waals surface area contributed by atoms with Gasteiger partial charge in [0.05, 0.1) is 12.7 Å². The molecule has 0 bridgehead atoms. The molecule has 0 aliphatic rings. The third kappa shape index (κ3) is 6.14. The van der Waals surface area contributed by atoms with Crippen molar-refractivity contribution in [3.05, 3.63) is 21.9 Å². The molecule has 0 spiro atoms. The van der Waals surface area contributed by atoms with Crippen molar-refractivity contribution in [2.75, 3.05) is 20.3 Å². The number of carbonyl (C=O) groups is 1. The topological polar surface area (TPSA) is 58.6 Å². The van der Waals surface area contributed by atoms with Gasteiger partial charge in [-0.05, 0) is 31.9 Å². The number of rotatable bonds is 8. The molecular formula is C13H21NO3S. The van der Waals surface area contributed by atoms with E-state index in [4.69, 9.17) is 4.74 Å². The van der Waals surface area contributed by atoms with Gasteiger partial charge in [0.2, 0.25) is 5.91 Å². The largest absolute Gasteiger partial charge is 0.389 e. The van der Waals surface area contributed by atoms with Gasteiger partial charge in [0, 0.05) is 29.8 Å². The van der Waals surface area contributed by atoms with Crippen LogP contribution < -0.4 is 5.32 Å². The molecule has 1 rings (SSSR count). The second-order valence-electron chi connectivity index (χ2n) is 4.28. The zero-order chi connectivity index (χ0) is 13.4. The SMILES string of the molecule is COCC(O)CNC(=O)CCCc1ccc(C)s1. The zero-order valence-electron chi connectivity index (χ0n) is 10.9. The van der Waals surface area contributed by atoms with E-state index in [1.54, 1.807) is 11.3 Å². The lowest BCUT2D eigenvalue weighted by molar-refractivity contribution is -0.121. The molecule has 102 valence electrons. The van der Waals surface area contributed by atoms with Crippen LogP contribution in [0.3, 0.4) is 0 Å². The van der Waals surface area contributed by atoms with E-state index in [0.717, 1.165) is 12.8 Å². The first kappa shape index (κ1) is 15.1. The minimum absolute atomic E-state index is 0.0153.